The third kappa shape index (κ3) is 2.03. The van der Waals surface area contributed by atoms with Crippen LogP contribution in [0.15, 0.2) is 11.6 Å². The van der Waals surface area contributed by atoms with Crippen LogP contribution in [0.1, 0.15) is 19.8 Å². The first-order valence-electron chi connectivity index (χ1n) is 5.27. The molecule has 1 aliphatic carbocycles. The molecule has 2 aliphatic rings. The van der Waals surface area contributed by atoms with Gasteiger partial charge in [-0.1, -0.05) is 11.6 Å². The predicted molar refractivity (Wildman–Crippen MR) is 54.2 cm³/mol. The van der Waals surface area contributed by atoms with Crippen LogP contribution in [0.4, 0.5) is 0 Å². The maximum Gasteiger partial charge on any atom is 0.307 e. The Bertz CT molecular complexity index is 335. The van der Waals surface area contributed by atoms with Crippen molar-refractivity contribution >= 4 is 11.9 Å². The fourth-order valence-corrected chi connectivity index (χ4v) is 2.07. The number of aliphatic carboxylic acids is 1. The molecule has 1 saturated carbocycles. The van der Waals surface area contributed by atoms with Gasteiger partial charge in [-0.25, -0.2) is 0 Å². The van der Waals surface area contributed by atoms with Gasteiger partial charge in [0, 0.05) is 13.1 Å². The van der Waals surface area contributed by atoms with E-state index in [0.29, 0.717) is 13.0 Å². The zero-order valence-corrected chi connectivity index (χ0v) is 8.77. The molecule has 0 radical (unpaired) electrons. The van der Waals surface area contributed by atoms with Crippen molar-refractivity contribution < 1.29 is 14.7 Å². The van der Waals surface area contributed by atoms with Crippen molar-refractivity contribution in [1.29, 1.82) is 0 Å². The molecule has 0 bridgehead atoms. The number of carbonyl (C=O) groups excluding carboxylic acids is 1. The minimum Gasteiger partial charge on any atom is -0.481 e. The molecule has 1 amide bonds. The van der Waals surface area contributed by atoms with Crippen molar-refractivity contribution in [3.8, 4) is 0 Å². The highest BCUT2D eigenvalue weighted by Gasteiger charge is 2.49. The topological polar surface area (TPSA) is 57.6 Å². The number of carbonyl (C=O) groups is 2. The SMILES string of the molecule is CC1=CCCN(C(=O)C2CC2C(=O)O)C1. The fraction of sp³-hybridized carbons (Fsp3) is 0.636. The summed E-state index contributed by atoms with van der Waals surface area (Å²) < 4.78 is 0. The van der Waals surface area contributed by atoms with E-state index in [0.717, 1.165) is 13.0 Å². The molecule has 0 spiro atoms. The molecule has 4 nitrogen and oxygen atoms in total. The number of nitrogens with zero attached hydrogens (tertiary/aromatic N) is 1. The van der Waals surface area contributed by atoms with Gasteiger partial charge in [-0.2, -0.15) is 0 Å². The molecule has 2 rings (SSSR count). The molecule has 4 heteroatoms. The summed E-state index contributed by atoms with van der Waals surface area (Å²) in [7, 11) is 0. The number of hydrogen-bond acceptors (Lipinski definition) is 2. The van der Waals surface area contributed by atoms with Gasteiger partial charge in [0.25, 0.3) is 0 Å². The van der Waals surface area contributed by atoms with Crippen molar-refractivity contribution in [3.05, 3.63) is 11.6 Å². The highest BCUT2D eigenvalue weighted by Crippen LogP contribution is 2.40. The van der Waals surface area contributed by atoms with Crippen LogP contribution in [0.2, 0.25) is 0 Å². The average Bonchev–Trinajstić information content (AvgIpc) is 2.96. The van der Waals surface area contributed by atoms with Crippen molar-refractivity contribution in [2.45, 2.75) is 19.8 Å². The molecule has 82 valence electrons. The number of carboxylic acid groups (broad SMARTS) is 1. The molecular weight excluding hydrogens is 194 g/mol. The number of hydrogen-bond donors (Lipinski definition) is 1. The first kappa shape index (κ1) is 10.2. The second-order valence-electron chi connectivity index (χ2n) is 4.39. The van der Waals surface area contributed by atoms with Gasteiger partial charge in [0.05, 0.1) is 11.8 Å². The second kappa shape index (κ2) is 3.68. The molecule has 0 aromatic carbocycles. The van der Waals surface area contributed by atoms with Gasteiger partial charge >= 0.3 is 5.97 Å². The quantitative estimate of drug-likeness (QED) is 0.687. The zero-order chi connectivity index (χ0) is 11.0. The van der Waals surface area contributed by atoms with Crippen LogP contribution in [0.5, 0.6) is 0 Å². The number of rotatable bonds is 2. The van der Waals surface area contributed by atoms with Crippen LogP contribution in [0, 0.1) is 11.8 Å². The molecule has 2 unspecified atom stereocenters. The van der Waals surface area contributed by atoms with Gasteiger partial charge in [-0.3, -0.25) is 9.59 Å². The summed E-state index contributed by atoms with van der Waals surface area (Å²) in [6.45, 7) is 3.40. The molecular formula is C11H15NO3. The van der Waals surface area contributed by atoms with Gasteiger partial charge in [-0.05, 0) is 19.8 Å². The summed E-state index contributed by atoms with van der Waals surface area (Å²) >= 11 is 0. The van der Waals surface area contributed by atoms with Crippen molar-refractivity contribution in [2.75, 3.05) is 13.1 Å². The van der Waals surface area contributed by atoms with Crippen LogP contribution >= 0.6 is 0 Å². The Morgan fingerprint density at radius 2 is 2.20 bits per heavy atom. The molecule has 1 aliphatic heterocycles. The van der Waals surface area contributed by atoms with E-state index in [9.17, 15) is 9.59 Å². The Kier molecular flexibility index (Phi) is 2.50. The predicted octanol–water partition coefficient (Wildman–Crippen LogP) is 0.886. The van der Waals surface area contributed by atoms with E-state index in [1.807, 2.05) is 6.92 Å². The summed E-state index contributed by atoms with van der Waals surface area (Å²) in [5.41, 5.74) is 1.20. The maximum absolute atomic E-state index is 11.9. The van der Waals surface area contributed by atoms with E-state index >= 15 is 0 Å². The standard InChI is InChI=1S/C11H15NO3/c1-7-3-2-4-12(6-7)10(13)8-5-9(8)11(14)15/h3,8-9H,2,4-6H2,1H3,(H,14,15). The molecule has 1 fully saturated rings. The Morgan fingerprint density at radius 3 is 2.73 bits per heavy atom. The Labute approximate surface area is 88.6 Å². The minimum atomic E-state index is -0.836. The van der Waals surface area contributed by atoms with Crippen LogP contribution in [-0.2, 0) is 9.59 Å². The van der Waals surface area contributed by atoms with Crippen molar-refractivity contribution in [2.24, 2.45) is 11.8 Å². The summed E-state index contributed by atoms with van der Waals surface area (Å²) in [5, 5.41) is 8.74. The maximum atomic E-state index is 11.9. The van der Waals surface area contributed by atoms with Crippen molar-refractivity contribution in [3.63, 3.8) is 0 Å². The molecule has 15 heavy (non-hydrogen) atoms. The summed E-state index contributed by atoms with van der Waals surface area (Å²) in [4.78, 5) is 24.3. The van der Waals surface area contributed by atoms with E-state index in [1.54, 1.807) is 4.90 Å². The monoisotopic (exact) mass is 209 g/mol. The Balaban J connectivity index is 1.93. The third-order valence-electron chi connectivity index (χ3n) is 3.07. The van der Waals surface area contributed by atoms with Crippen LogP contribution in [0.25, 0.3) is 0 Å². The highest BCUT2D eigenvalue weighted by atomic mass is 16.4. The first-order valence-corrected chi connectivity index (χ1v) is 5.27. The third-order valence-corrected chi connectivity index (χ3v) is 3.07. The van der Waals surface area contributed by atoms with E-state index in [4.69, 9.17) is 5.11 Å². The average molecular weight is 209 g/mol. The van der Waals surface area contributed by atoms with Crippen LogP contribution in [-0.4, -0.2) is 35.0 Å². The lowest BCUT2D eigenvalue weighted by atomic mass is 10.1. The number of amides is 1. The lowest BCUT2D eigenvalue weighted by Gasteiger charge is -2.26. The normalized spacial score (nSPS) is 29.7. The van der Waals surface area contributed by atoms with Gasteiger partial charge in [-0.15, -0.1) is 0 Å². The molecule has 0 aromatic rings. The van der Waals surface area contributed by atoms with Crippen LogP contribution < -0.4 is 0 Å². The smallest absolute Gasteiger partial charge is 0.307 e. The zero-order valence-electron chi connectivity index (χ0n) is 8.77. The van der Waals surface area contributed by atoms with E-state index in [2.05, 4.69) is 6.08 Å². The summed E-state index contributed by atoms with van der Waals surface area (Å²) in [6, 6.07) is 0. The largest absolute Gasteiger partial charge is 0.481 e. The van der Waals surface area contributed by atoms with E-state index in [-0.39, 0.29) is 11.8 Å². The van der Waals surface area contributed by atoms with Gasteiger partial charge in [0.2, 0.25) is 5.91 Å². The number of carboxylic acids is 1. The van der Waals surface area contributed by atoms with E-state index < -0.39 is 11.9 Å². The second-order valence-corrected chi connectivity index (χ2v) is 4.39. The van der Waals surface area contributed by atoms with Gasteiger partial charge < -0.3 is 10.0 Å². The first-order chi connectivity index (χ1) is 7.09. The highest BCUT2D eigenvalue weighted by molar-refractivity contribution is 5.89. The lowest BCUT2D eigenvalue weighted by Crippen LogP contribution is -2.37. The Hall–Kier alpha value is -1.32. The van der Waals surface area contributed by atoms with Crippen molar-refractivity contribution in [1.82, 2.24) is 4.90 Å². The van der Waals surface area contributed by atoms with E-state index in [1.165, 1.54) is 5.57 Å². The molecule has 2 atom stereocenters. The summed E-state index contributed by atoms with van der Waals surface area (Å²) in [6.07, 6.45) is 3.54. The molecule has 0 saturated heterocycles. The van der Waals surface area contributed by atoms with Gasteiger partial charge in [0.15, 0.2) is 0 Å². The Morgan fingerprint density at radius 1 is 1.47 bits per heavy atom. The van der Waals surface area contributed by atoms with Crippen LogP contribution in [0.3, 0.4) is 0 Å². The lowest BCUT2D eigenvalue weighted by molar-refractivity contribution is -0.141. The summed E-state index contributed by atoms with van der Waals surface area (Å²) in [5.74, 6) is -1.50. The molecule has 1 heterocycles. The fourth-order valence-electron chi connectivity index (χ4n) is 2.07. The molecule has 1 N–H and O–H groups in total. The van der Waals surface area contributed by atoms with Gasteiger partial charge in [0.1, 0.15) is 0 Å². The molecule has 0 aromatic heterocycles. The minimum absolute atomic E-state index is 0.0230.